The second kappa shape index (κ2) is 7.32. The first-order chi connectivity index (χ1) is 11.5. The highest BCUT2D eigenvalue weighted by molar-refractivity contribution is 7.15. The number of fused-ring (bicyclic) bond motifs is 1. The zero-order chi connectivity index (χ0) is 17.1. The Hall–Kier alpha value is -1.92. The molecule has 0 spiro atoms. The summed E-state index contributed by atoms with van der Waals surface area (Å²) in [5, 5.41) is 3.62. The van der Waals surface area contributed by atoms with Crippen molar-refractivity contribution in [3.63, 3.8) is 0 Å². The maximum atomic E-state index is 12.2. The van der Waals surface area contributed by atoms with Crippen LogP contribution in [0.4, 0.5) is 5.13 Å². The van der Waals surface area contributed by atoms with Gasteiger partial charge in [0.05, 0.1) is 12.1 Å². The monoisotopic (exact) mass is 344 g/mol. The molecule has 0 aliphatic carbocycles. The molecule has 0 fully saturated rings. The number of nitrogens with two attached hydrogens (primary N) is 1. The standard InChI is InChI=1S/C18H24N4OS/c1-12(20-17(23)9-16-13(2)21-18(19)24-16)10-22-8-7-14-5-3-4-6-15(14)11-22/h3-6,12H,7-11H2,1-2H3,(H2,19,21)(H,20,23). The second-order valence-corrected chi connectivity index (χ2v) is 7.58. The predicted molar refractivity (Wildman–Crippen MR) is 98.0 cm³/mol. The van der Waals surface area contributed by atoms with Gasteiger partial charge in [-0.1, -0.05) is 24.3 Å². The molecule has 0 radical (unpaired) electrons. The molecule has 0 bridgehead atoms. The van der Waals surface area contributed by atoms with E-state index in [0.717, 1.165) is 36.6 Å². The van der Waals surface area contributed by atoms with Crippen LogP contribution in [-0.4, -0.2) is 34.9 Å². The van der Waals surface area contributed by atoms with Crippen molar-refractivity contribution in [1.82, 2.24) is 15.2 Å². The lowest BCUT2D eigenvalue weighted by molar-refractivity contribution is -0.121. The minimum absolute atomic E-state index is 0.0339. The summed E-state index contributed by atoms with van der Waals surface area (Å²) in [7, 11) is 0. The van der Waals surface area contributed by atoms with Gasteiger partial charge in [0.25, 0.3) is 0 Å². The van der Waals surface area contributed by atoms with Crippen LogP contribution >= 0.6 is 11.3 Å². The van der Waals surface area contributed by atoms with Crippen molar-refractivity contribution in [3.8, 4) is 0 Å². The molecule has 1 unspecified atom stereocenters. The summed E-state index contributed by atoms with van der Waals surface area (Å²) >= 11 is 1.39. The van der Waals surface area contributed by atoms with Crippen LogP contribution in [0.15, 0.2) is 24.3 Å². The summed E-state index contributed by atoms with van der Waals surface area (Å²) in [6.07, 6.45) is 1.43. The molecule has 1 aromatic carbocycles. The predicted octanol–water partition coefficient (Wildman–Crippen LogP) is 2.14. The maximum Gasteiger partial charge on any atom is 0.225 e. The van der Waals surface area contributed by atoms with Crippen molar-refractivity contribution < 1.29 is 4.79 Å². The van der Waals surface area contributed by atoms with Crippen LogP contribution in [0.1, 0.15) is 28.6 Å². The summed E-state index contributed by atoms with van der Waals surface area (Å²) in [4.78, 5) is 19.8. The van der Waals surface area contributed by atoms with E-state index in [1.807, 2.05) is 6.92 Å². The first-order valence-corrected chi connectivity index (χ1v) is 9.13. The number of nitrogens with zero attached hydrogens (tertiary/aromatic N) is 2. The van der Waals surface area contributed by atoms with E-state index in [1.165, 1.54) is 22.5 Å². The third-order valence-corrected chi connectivity index (χ3v) is 5.37. The van der Waals surface area contributed by atoms with Crippen LogP contribution in [0.5, 0.6) is 0 Å². The van der Waals surface area contributed by atoms with Crippen LogP contribution in [0.25, 0.3) is 0 Å². The summed E-state index contributed by atoms with van der Waals surface area (Å²) in [5.74, 6) is 0.0339. The Balaban J connectivity index is 1.50. The Morgan fingerprint density at radius 2 is 2.17 bits per heavy atom. The Bertz CT molecular complexity index is 728. The number of aryl methyl sites for hydroxylation is 1. The zero-order valence-electron chi connectivity index (χ0n) is 14.2. The molecule has 1 atom stereocenters. The number of rotatable bonds is 5. The molecule has 128 valence electrons. The van der Waals surface area contributed by atoms with Gasteiger partial charge < -0.3 is 11.1 Å². The van der Waals surface area contributed by atoms with Gasteiger partial charge in [0.1, 0.15) is 0 Å². The molecule has 1 amide bonds. The summed E-state index contributed by atoms with van der Waals surface area (Å²) in [6, 6.07) is 8.72. The largest absolute Gasteiger partial charge is 0.375 e. The van der Waals surface area contributed by atoms with Crippen LogP contribution in [0, 0.1) is 6.92 Å². The molecular formula is C18H24N4OS. The topological polar surface area (TPSA) is 71.2 Å². The van der Waals surface area contributed by atoms with Crippen LogP contribution < -0.4 is 11.1 Å². The van der Waals surface area contributed by atoms with Crippen LogP contribution in [0.3, 0.4) is 0 Å². The molecule has 5 nitrogen and oxygen atoms in total. The second-order valence-electron chi connectivity index (χ2n) is 6.46. The van der Waals surface area contributed by atoms with E-state index >= 15 is 0 Å². The summed E-state index contributed by atoms with van der Waals surface area (Å²) in [5.41, 5.74) is 9.39. The van der Waals surface area contributed by atoms with Crippen molar-refractivity contribution in [2.75, 3.05) is 18.8 Å². The average Bonchev–Trinajstić information content (AvgIpc) is 2.84. The molecule has 6 heteroatoms. The van der Waals surface area contributed by atoms with E-state index < -0.39 is 0 Å². The van der Waals surface area contributed by atoms with Gasteiger partial charge in [0, 0.05) is 30.6 Å². The Kier molecular flexibility index (Phi) is 5.16. The number of carbonyl (C=O) groups is 1. The number of nitrogens with one attached hydrogen (secondary N) is 1. The summed E-state index contributed by atoms with van der Waals surface area (Å²) < 4.78 is 0. The van der Waals surface area contributed by atoms with E-state index in [-0.39, 0.29) is 11.9 Å². The number of amides is 1. The summed E-state index contributed by atoms with van der Waals surface area (Å²) in [6.45, 7) is 6.82. The number of anilines is 1. The number of benzene rings is 1. The van der Waals surface area contributed by atoms with E-state index in [0.29, 0.717) is 11.6 Å². The van der Waals surface area contributed by atoms with Gasteiger partial charge >= 0.3 is 0 Å². The minimum atomic E-state index is 0.0339. The molecule has 3 rings (SSSR count). The molecule has 2 heterocycles. The highest BCUT2D eigenvalue weighted by Crippen LogP contribution is 2.20. The molecule has 0 saturated heterocycles. The highest BCUT2D eigenvalue weighted by atomic mass is 32.1. The number of hydrogen-bond donors (Lipinski definition) is 2. The van der Waals surface area contributed by atoms with Crippen molar-refractivity contribution in [1.29, 1.82) is 0 Å². The van der Waals surface area contributed by atoms with Gasteiger partial charge in [-0.3, -0.25) is 9.69 Å². The van der Waals surface area contributed by atoms with Crippen LogP contribution in [0.2, 0.25) is 0 Å². The zero-order valence-corrected chi connectivity index (χ0v) is 15.0. The molecule has 1 aliphatic rings. The van der Waals surface area contributed by atoms with Gasteiger partial charge in [0.2, 0.25) is 5.91 Å². The van der Waals surface area contributed by atoms with Crippen molar-refractivity contribution in [2.24, 2.45) is 0 Å². The lowest BCUT2D eigenvalue weighted by Crippen LogP contribution is -2.44. The molecule has 24 heavy (non-hydrogen) atoms. The number of hydrogen-bond acceptors (Lipinski definition) is 5. The van der Waals surface area contributed by atoms with Gasteiger partial charge in [-0.2, -0.15) is 0 Å². The number of thiazole rings is 1. The maximum absolute atomic E-state index is 12.2. The van der Waals surface area contributed by atoms with Crippen LogP contribution in [-0.2, 0) is 24.2 Å². The number of carbonyl (C=O) groups excluding carboxylic acids is 1. The fourth-order valence-electron chi connectivity index (χ4n) is 3.23. The van der Waals surface area contributed by atoms with Gasteiger partial charge in [-0.05, 0) is 31.4 Å². The van der Waals surface area contributed by atoms with Crippen molar-refractivity contribution in [3.05, 3.63) is 46.0 Å². The van der Waals surface area contributed by atoms with E-state index in [4.69, 9.17) is 5.73 Å². The van der Waals surface area contributed by atoms with Crippen molar-refractivity contribution >= 4 is 22.4 Å². The van der Waals surface area contributed by atoms with E-state index in [1.54, 1.807) is 0 Å². The fourth-order valence-corrected chi connectivity index (χ4v) is 4.06. The Morgan fingerprint density at radius 1 is 1.42 bits per heavy atom. The average molecular weight is 344 g/mol. The molecule has 3 N–H and O–H groups in total. The first-order valence-electron chi connectivity index (χ1n) is 8.31. The van der Waals surface area contributed by atoms with E-state index in [9.17, 15) is 4.79 Å². The first kappa shape index (κ1) is 16.9. The minimum Gasteiger partial charge on any atom is -0.375 e. The SMILES string of the molecule is Cc1nc(N)sc1CC(=O)NC(C)CN1CCc2ccccc2C1. The van der Waals surface area contributed by atoms with E-state index in [2.05, 4.69) is 46.4 Å². The lowest BCUT2D eigenvalue weighted by atomic mass is 10.00. The number of nitrogen functional groups attached to an aromatic ring is 1. The molecule has 1 aromatic heterocycles. The smallest absolute Gasteiger partial charge is 0.225 e. The lowest BCUT2D eigenvalue weighted by Gasteiger charge is -2.31. The Morgan fingerprint density at radius 3 is 2.88 bits per heavy atom. The third kappa shape index (κ3) is 4.13. The molecule has 0 saturated carbocycles. The quantitative estimate of drug-likeness (QED) is 0.872. The normalized spacial score (nSPS) is 15.8. The molecular weight excluding hydrogens is 320 g/mol. The highest BCUT2D eigenvalue weighted by Gasteiger charge is 2.19. The Labute approximate surface area is 146 Å². The molecule has 2 aromatic rings. The number of aromatic nitrogens is 1. The third-order valence-electron chi connectivity index (χ3n) is 4.38. The fraction of sp³-hybridized carbons (Fsp3) is 0.444. The van der Waals surface area contributed by atoms with Gasteiger partial charge in [-0.25, -0.2) is 4.98 Å². The van der Waals surface area contributed by atoms with Gasteiger partial charge in [0.15, 0.2) is 5.13 Å². The molecule has 1 aliphatic heterocycles. The van der Waals surface area contributed by atoms with Crippen molar-refractivity contribution in [2.45, 2.75) is 39.3 Å². The van der Waals surface area contributed by atoms with Gasteiger partial charge in [-0.15, -0.1) is 11.3 Å².